The van der Waals surface area contributed by atoms with Gasteiger partial charge >= 0.3 is 5.97 Å². The second-order valence-corrected chi connectivity index (χ2v) is 5.88. The Bertz CT molecular complexity index is 523. The molecule has 1 aliphatic carbocycles. The van der Waals surface area contributed by atoms with Crippen LogP contribution < -0.4 is 5.32 Å². The monoisotopic (exact) mass is 325 g/mol. The topological polar surface area (TPSA) is 66.4 Å². The number of rotatable bonds is 5. The molecule has 1 saturated carbocycles. The maximum Gasteiger partial charge on any atom is 0.319 e. The molecule has 102 valence electrons. The molecule has 0 aliphatic heterocycles. The Kier molecular flexibility index (Phi) is 3.94. The predicted octanol–water partition coefficient (Wildman–Crippen LogP) is 2.28. The maximum absolute atomic E-state index is 11.8. The Morgan fingerprint density at radius 3 is 2.68 bits per heavy atom. The quantitative estimate of drug-likeness (QED) is 0.816. The molecule has 1 aromatic carbocycles. The van der Waals surface area contributed by atoms with Crippen LogP contribution in [0, 0.1) is 12.3 Å². The number of nitrogens with one attached hydrogen (secondary N) is 1. The minimum Gasteiger partial charge on any atom is -0.480 e. The average molecular weight is 326 g/mol. The fraction of sp³-hybridized carbons (Fsp3) is 0.429. The molecule has 0 bridgehead atoms. The summed E-state index contributed by atoms with van der Waals surface area (Å²) in [4.78, 5) is 22.8. The first-order valence-corrected chi connectivity index (χ1v) is 7.02. The second-order valence-electron chi connectivity index (χ2n) is 4.96. The van der Waals surface area contributed by atoms with Gasteiger partial charge in [-0.15, -0.1) is 0 Å². The van der Waals surface area contributed by atoms with Gasteiger partial charge < -0.3 is 10.4 Å². The van der Waals surface area contributed by atoms with Gasteiger partial charge in [-0.25, -0.2) is 0 Å². The number of halogens is 1. The summed E-state index contributed by atoms with van der Waals surface area (Å²) in [6.07, 6.45) is 1.60. The van der Waals surface area contributed by atoms with Crippen molar-refractivity contribution >= 4 is 27.8 Å². The summed E-state index contributed by atoms with van der Waals surface area (Å²) in [6, 6.07) is 6.01. The molecule has 1 aromatic rings. The van der Waals surface area contributed by atoms with Crippen molar-refractivity contribution in [2.75, 3.05) is 6.54 Å². The van der Waals surface area contributed by atoms with Crippen LogP contribution in [0.25, 0.3) is 0 Å². The highest BCUT2D eigenvalue weighted by Gasteiger charge is 2.56. The normalized spacial score (nSPS) is 15.9. The van der Waals surface area contributed by atoms with Gasteiger partial charge in [0.25, 0.3) is 0 Å². The molecule has 0 atom stereocenters. The van der Waals surface area contributed by atoms with E-state index in [1.54, 1.807) is 0 Å². The molecule has 2 N–H and O–H groups in total. The molecule has 1 amide bonds. The summed E-state index contributed by atoms with van der Waals surface area (Å²) in [5, 5.41) is 11.7. The van der Waals surface area contributed by atoms with Crippen molar-refractivity contribution in [3.8, 4) is 0 Å². The summed E-state index contributed by atoms with van der Waals surface area (Å²) in [5.41, 5.74) is 1.17. The van der Waals surface area contributed by atoms with Gasteiger partial charge in [0, 0.05) is 11.0 Å². The third kappa shape index (κ3) is 2.97. The summed E-state index contributed by atoms with van der Waals surface area (Å²) in [6.45, 7) is 2.48. The molecule has 0 radical (unpaired) electrons. The largest absolute Gasteiger partial charge is 0.480 e. The fourth-order valence-electron chi connectivity index (χ4n) is 2.05. The van der Waals surface area contributed by atoms with Crippen molar-refractivity contribution in [1.82, 2.24) is 5.32 Å². The zero-order valence-corrected chi connectivity index (χ0v) is 12.3. The highest BCUT2D eigenvalue weighted by atomic mass is 79.9. The van der Waals surface area contributed by atoms with Gasteiger partial charge in [-0.1, -0.05) is 22.0 Å². The van der Waals surface area contributed by atoms with Gasteiger partial charge in [0.2, 0.25) is 5.91 Å². The summed E-state index contributed by atoms with van der Waals surface area (Å²) < 4.78 is 1.00. The van der Waals surface area contributed by atoms with Crippen molar-refractivity contribution in [3.05, 3.63) is 33.8 Å². The Balaban J connectivity index is 1.89. The number of benzene rings is 1. The zero-order valence-electron chi connectivity index (χ0n) is 10.7. The molecule has 0 saturated heterocycles. The highest BCUT2D eigenvalue weighted by Crippen LogP contribution is 2.46. The van der Waals surface area contributed by atoms with Gasteiger partial charge in [0.15, 0.2) is 0 Å². The lowest BCUT2D eigenvalue weighted by Crippen LogP contribution is -2.38. The van der Waals surface area contributed by atoms with E-state index in [1.165, 1.54) is 0 Å². The lowest BCUT2D eigenvalue weighted by molar-refractivity contribution is -0.149. The van der Waals surface area contributed by atoms with E-state index in [4.69, 9.17) is 5.11 Å². The van der Waals surface area contributed by atoms with Gasteiger partial charge in [-0.2, -0.15) is 0 Å². The number of amides is 1. The van der Waals surface area contributed by atoms with E-state index in [9.17, 15) is 9.59 Å². The molecule has 4 nitrogen and oxygen atoms in total. The van der Waals surface area contributed by atoms with Crippen molar-refractivity contribution in [3.63, 3.8) is 0 Å². The lowest BCUT2D eigenvalue weighted by atomic mass is 10.0. The predicted molar refractivity (Wildman–Crippen MR) is 74.9 cm³/mol. The Morgan fingerprint density at radius 2 is 2.11 bits per heavy atom. The number of hydrogen-bond donors (Lipinski definition) is 2. The first-order valence-electron chi connectivity index (χ1n) is 6.22. The van der Waals surface area contributed by atoms with E-state index in [1.807, 2.05) is 25.1 Å². The summed E-state index contributed by atoms with van der Waals surface area (Å²) >= 11 is 3.41. The third-order valence-corrected chi connectivity index (χ3v) is 4.08. The van der Waals surface area contributed by atoms with Crippen molar-refractivity contribution < 1.29 is 14.7 Å². The molecule has 5 heteroatoms. The van der Waals surface area contributed by atoms with Crippen molar-refractivity contribution in [2.24, 2.45) is 5.41 Å². The number of carboxylic acids is 1. The molecule has 2 rings (SSSR count). The average Bonchev–Trinajstić information content (AvgIpc) is 3.14. The highest BCUT2D eigenvalue weighted by molar-refractivity contribution is 9.10. The van der Waals surface area contributed by atoms with E-state index < -0.39 is 11.4 Å². The molecule has 1 fully saturated rings. The standard InChI is InChI=1S/C14H16BrNO3/c1-9-2-3-11(15)8-10(9)4-7-16-12(17)14(5-6-14)13(18)19/h2-3,8H,4-7H2,1H3,(H,16,17)(H,18,19). The van der Waals surface area contributed by atoms with E-state index in [2.05, 4.69) is 21.2 Å². The molecule has 0 spiro atoms. The Morgan fingerprint density at radius 1 is 1.42 bits per heavy atom. The third-order valence-electron chi connectivity index (χ3n) is 3.59. The van der Waals surface area contributed by atoms with Gasteiger partial charge in [0.1, 0.15) is 5.41 Å². The fourth-order valence-corrected chi connectivity index (χ4v) is 2.46. The van der Waals surface area contributed by atoms with E-state index >= 15 is 0 Å². The maximum atomic E-state index is 11.8. The molecule has 0 aromatic heterocycles. The van der Waals surface area contributed by atoms with Crippen molar-refractivity contribution in [1.29, 1.82) is 0 Å². The molecular formula is C14H16BrNO3. The minimum absolute atomic E-state index is 0.354. The van der Waals surface area contributed by atoms with Crippen LogP contribution >= 0.6 is 15.9 Å². The molecule has 1 aliphatic rings. The Hall–Kier alpha value is -1.36. The second kappa shape index (κ2) is 5.33. The molecule has 19 heavy (non-hydrogen) atoms. The molecule has 0 unspecified atom stereocenters. The number of carboxylic acid groups (broad SMARTS) is 1. The van der Waals surface area contributed by atoms with Crippen LogP contribution in [0.15, 0.2) is 22.7 Å². The van der Waals surface area contributed by atoms with Crippen LogP contribution in [0.3, 0.4) is 0 Å². The van der Waals surface area contributed by atoms with Crippen molar-refractivity contribution in [2.45, 2.75) is 26.2 Å². The van der Waals surface area contributed by atoms with Crippen LogP contribution in [0.1, 0.15) is 24.0 Å². The SMILES string of the molecule is Cc1ccc(Br)cc1CCNC(=O)C1(C(=O)O)CC1. The minimum atomic E-state index is -1.15. The number of aryl methyl sites for hydroxylation is 1. The summed E-state index contributed by atoms with van der Waals surface area (Å²) in [5.74, 6) is -1.36. The van der Waals surface area contributed by atoms with E-state index in [0.29, 0.717) is 25.8 Å². The number of carbonyl (C=O) groups excluding carboxylic acids is 1. The smallest absolute Gasteiger partial charge is 0.319 e. The van der Waals surface area contributed by atoms with Crippen LogP contribution in [0.5, 0.6) is 0 Å². The first kappa shape index (κ1) is 14.1. The van der Waals surface area contributed by atoms with Gasteiger partial charge in [-0.3, -0.25) is 9.59 Å². The van der Waals surface area contributed by atoms with Gasteiger partial charge in [0.05, 0.1) is 0 Å². The van der Waals surface area contributed by atoms with E-state index in [-0.39, 0.29) is 5.91 Å². The van der Waals surface area contributed by atoms with Crippen LogP contribution in [-0.2, 0) is 16.0 Å². The van der Waals surface area contributed by atoms with E-state index in [0.717, 1.165) is 15.6 Å². The molecular weight excluding hydrogens is 310 g/mol. The first-order chi connectivity index (χ1) is 8.95. The lowest BCUT2D eigenvalue weighted by Gasteiger charge is -2.11. The zero-order chi connectivity index (χ0) is 14.0. The number of hydrogen-bond acceptors (Lipinski definition) is 2. The number of carbonyl (C=O) groups is 2. The summed E-state index contributed by atoms with van der Waals surface area (Å²) in [7, 11) is 0. The Labute approximate surface area is 120 Å². The van der Waals surface area contributed by atoms with Crippen LogP contribution in [-0.4, -0.2) is 23.5 Å². The van der Waals surface area contributed by atoms with Crippen LogP contribution in [0.4, 0.5) is 0 Å². The van der Waals surface area contributed by atoms with Gasteiger partial charge in [-0.05, 0) is 49.4 Å². The van der Waals surface area contributed by atoms with Crippen LogP contribution in [0.2, 0.25) is 0 Å². The number of aliphatic carboxylic acids is 1. The molecule has 0 heterocycles.